The minimum Gasteiger partial charge on any atom is -0.497 e. The first-order valence-electron chi connectivity index (χ1n) is 5.83. The highest BCUT2D eigenvalue weighted by Gasteiger charge is 2.06. The van der Waals surface area contributed by atoms with Crippen LogP contribution in [0.2, 0.25) is 0 Å². The normalized spacial score (nSPS) is 10.1. The molecular weight excluding hydrogens is 308 g/mol. The highest BCUT2D eigenvalue weighted by Crippen LogP contribution is 2.28. The molecule has 0 heterocycles. The van der Waals surface area contributed by atoms with Crippen LogP contribution in [-0.4, -0.2) is 14.2 Å². The summed E-state index contributed by atoms with van der Waals surface area (Å²) in [4.78, 5) is 0. The maximum absolute atomic E-state index is 5.78. The van der Waals surface area contributed by atoms with Crippen molar-refractivity contribution in [3.8, 4) is 17.2 Å². The third kappa shape index (κ3) is 3.41. The molecule has 0 atom stereocenters. The van der Waals surface area contributed by atoms with E-state index < -0.39 is 0 Å². The van der Waals surface area contributed by atoms with E-state index in [9.17, 15) is 0 Å². The number of methoxy groups -OCH3 is 2. The van der Waals surface area contributed by atoms with Crippen LogP contribution < -0.4 is 14.2 Å². The Labute approximate surface area is 121 Å². The average Bonchev–Trinajstić information content (AvgIpc) is 2.46. The highest BCUT2D eigenvalue weighted by molar-refractivity contribution is 9.10. The summed E-state index contributed by atoms with van der Waals surface area (Å²) in [5.74, 6) is 2.25. The number of hydrogen-bond donors (Lipinski definition) is 0. The Hall–Kier alpha value is -1.68. The third-order valence-electron chi connectivity index (χ3n) is 2.71. The molecule has 0 spiro atoms. The summed E-state index contributed by atoms with van der Waals surface area (Å²) in [6.07, 6.45) is 0. The fourth-order valence-electron chi connectivity index (χ4n) is 1.68. The fraction of sp³-hybridized carbons (Fsp3) is 0.200. The Bertz CT molecular complexity index is 555. The molecule has 0 unspecified atom stereocenters. The lowest BCUT2D eigenvalue weighted by atomic mass is 10.2. The van der Waals surface area contributed by atoms with Gasteiger partial charge in [-0.1, -0.05) is 28.1 Å². The van der Waals surface area contributed by atoms with E-state index in [4.69, 9.17) is 14.2 Å². The largest absolute Gasteiger partial charge is 0.497 e. The highest BCUT2D eigenvalue weighted by atomic mass is 79.9. The van der Waals surface area contributed by atoms with Gasteiger partial charge in [-0.2, -0.15) is 0 Å². The molecule has 0 saturated heterocycles. The van der Waals surface area contributed by atoms with Gasteiger partial charge in [0, 0.05) is 10.0 Å². The van der Waals surface area contributed by atoms with Crippen molar-refractivity contribution in [2.45, 2.75) is 6.61 Å². The maximum atomic E-state index is 5.78. The minimum absolute atomic E-state index is 0.443. The van der Waals surface area contributed by atoms with Crippen molar-refractivity contribution in [1.82, 2.24) is 0 Å². The SMILES string of the molecule is COc1ccc(Br)c(COc2ccccc2OC)c1. The van der Waals surface area contributed by atoms with E-state index in [2.05, 4.69) is 15.9 Å². The standard InChI is InChI=1S/C15H15BrO3/c1-17-12-7-8-13(16)11(9-12)10-19-15-6-4-3-5-14(15)18-2/h3-9H,10H2,1-2H3. The molecule has 100 valence electrons. The lowest BCUT2D eigenvalue weighted by Gasteiger charge is -2.12. The Morgan fingerprint density at radius 3 is 2.37 bits per heavy atom. The Balaban J connectivity index is 2.14. The van der Waals surface area contributed by atoms with Crippen molar-refractivity contribution in [3.05, 3.63) is 52.5 Å². The molecule has 4 heteroatoms. The molecule has 0 N–H and O–H groups in total. The van der Waals surface area contributed by atoms with Crippen LogP contribution in [0, 0.1) is 0 Å². The number of ether oxygens (including phenoxy) is 3. The Morgan fingerprint density at radius 1 is 0.947 bits per heavy atom. The summed E-state index contributed by atoms with van der Waals surface area (Å²) in [6, 6.07) is 13.4. The van der Waals surface area contributed by atoms with Gasteiger partial charge in [0.1, 0.15) is 12.4 Å². The third-order valence-corrected chi connectivity index (χ3v) is 3.48. The van der Waals surface area contributed by atoms with E-state index in [0.717, 1.165) is 27.3 Å². The second-order valence-electron chi connectivity index (χ2n) is 3.90. The van der Waals surface area contributed by atoms with Crippen LogP contribution in [0.3, 0.4) is 0 Å². The van der Waals surface area contributed by atoms with Crippen LogP contribution in [0.25, 0.3) is 0 Å². The molecule has 2 aromatic carbocycles. The predicted octanol–water partition coefficient (Wildman–Crippen LogP) is 4.05. The van der Waals surface area contributed by atoms with Crippen LogP contribution in [0.1, 0.15) is 5.56 Å². The molecule has 0 saturated carbocycles. The van der Waals surface area contributed by atoms with Crippen molar-refractivity contribution in [2.75, 3.05) is 14.2 Å². The molecule has 2 rings (SSSR count). The molecule has 2 aromatic rings. The topological polar surface area (TPSA) is 27.7 Å². The number of hydrogen-bond acceptors (Lipinski definition) is 3. The molecular formula is C15H15BrO3. The van der Waals surface area contributed by atoms with Crippen LogP contribution >= 0.6 is 15.9 Å². The van der Waals surface area contributed by atoms with Crippen molar-refractivity contribution in [3.63, 3.8) is 0 Å². The lowest BCUT2D eigenvalue weighted by molar-refractivity contribution is 0.283. The van der Waals surface area contributed by atoms with Gasteiger partial charge in [-0.3, -0.25) is 0 Å². The zero-order valence-corrected chi connectivity index (χ0v) is 12.4. The van der Waals surface area contributed by atoms with Gasteiger partial charge in [0.15, 0.2) is 11.5 Å². The number of para-hydroxylation sites is 2. The summed E-state index contributed by atoms with van der Waals surface area (Å²) in [7, 11) is 3.28. The van der Waals surface area contributed by atoms with Crippen molar-refractivity contribution in [2.24, 2.45) is 0 Å². The van der Waals surface area contributed by atoms with Gasteiger partial charge >= 0.3 is 0 Å². The van der Waals surface area contributed by atoms with Gasteiger partial charge in [-0.25, -0.2) is 0 Å². The van der Waals surface area contributed by atoms with Gasteiger partial charge in [0.05, 0.1) is 14.2 Å². The van der Waals surface area contributed by atoms with Crippen molar-refractivity contribution in [1.29, 1.82) is 0 Å². The molecule has 3 nitrogen and oxygen atoms in total. The second kappa shape index (κ2) is 6.48. The van der Waals surface area contributed by atoms with Crippen LogP contribution in [-0.2, 0) is 6.61 Å². The van der Waals surface area contributed by atoms with E-state index in [0.29, 0.717) is 6.61 Å². The second-order valence-corrected chi connectivity index (χ2v) is 4.75. The zero-order valence-electron chi connectivity index (χ0n) is 10.9. The molecule has 0 aromatic heterocycles. The van der Waals surface area contributed by atoms with Crippen LogP contribution in [0.4, 0.5) is 0 Å². The lowest BCUT2D eigenvalue weighted by Crippen LogP contribution is -1.99. The van der Waals surface area contributed by atoms with Gasteiger partial charge in [-0.15, -0.1) is 0 Å². The van der Waals surface area contributed by atoms with Crippen molar-refractivity contribution < 1.29 is 14.2 Å². The van der Waals surface area contributed by atoms with E-state index >= 15 is 0 Å². The smallest absolute Gasteiger partial charge is 0.161 e. The van der Waals surface area contributed by atoms with E-state index in [-0.39, 0.29) is 0 Å². The van der Waals surface area contributed by atoms with Gasteiger partial charge < -0.3 is 14.2 Å². The van der Waals surface area contributed by atoms with Crippen molar-refractivity contribution >= 4 is 15.9 Å². The number of rotatable bonds is 5. The van der Waals surface area contributed by atoms with Crippen LogP contribution in [0.15, 0.2) is 46.9 Å². The van der Waals surface area contributed by atoms with Crippen LogP contribution in [0.5, 0.6) is 17.2 Å². The summed E-state index contributed by atoms with van der Waals surface area (Å²) in [6.45, 7) is 0.443. The van der Waals surface area contributed by atoms with Gasteiger partial charge in [0.2, 0.25) is 0 Å². The first-order chi connectivity index (χ1) is 9.24. The summed E-state index contributed by atoms with van der Waals surface area (Å²) < 4.78 is 17.2. The molecule has 0 fully saturated rings. The van der Waals surface area contributed by atoms with E-state index in [1.807, 2.05) is 42.5 Å². The van der Waals surface area contributed by atoms with E-state index in [1.54, 1.807) is 14.2 Å². The Kier molecular flexibility index (Phi) is 4.68. The molecule has 0 aliphatic heterocycles. The minimum atomic E-state index is 0.443. The molecule has 0 amide bonds. The van der Waals surface area contributed by atoms with Gasteiger partial charge in [-0.05, 0) is 30.3 Å². The molecule has 0 bridgehead atoms. The Morgan fingerprint density at radius 2 is 1.68 bits per heavy atom. The maximum Gasteiger partial charge on any atom is 0.161 e. The zero-order chi connectivity index (χ0) is 13.7. The predicted molar refractivity (Wildman–Crippen MR) is 78.0 cm³/mol. The first-order valence-corrected chi connectivity index (χ1v) is 6.62. The molecule has 0 radical (unpaired) electrons. The van der Waals surface area contributed by atoms with Gasteiger partial charge in [0.25, 0.3) is 0 Å². The monoisotopic (exact) mass is 322 g/mol. The van der Waals surface area contributed by atoms with E-state index in [1.165, 1.54) is 0 Å². The first kappa shape index (κ1) is 13.7. The average molecular weight is 323 g/mol. The molecule has 19 heavy (non-hydrogen) atoms. The summed E-state index contributed by atoms with van der Waals surface area (Å²) in [5, 5.41) is 0. The molecule has 0 aliphatic rings. The number of halogens is 1. The summed E-state index contributed by atoms with van der Waals surface area (Å²) in [5.41, 5.74) is 1.02. The quantitative estimate of drug-likeness (QED) is 0.831. The molecule has 0 aliphatic carbocycles. The fourth-order valence-corrected chi connectivity index (χ4v) is 2.04. The summed E-state index contributed by atoms with van der Waals surface area (Å²) >= 11 is 3.50. The number of benzene rings is 2.